The molecule has 0 fully saturated rings. The minimum atomic E-state index is -0.239. The fourth-order valence-corrected chi connectivity index (χ4v) is 1.15. The minimum absolute atomic E-state index is 0.0694. The van der Waals surface area contributed by atoms with Gasteiger partial charge < -0.3 is 15.7 Å². The Bertz CT molecular complexity index is 315. The van der Waals surface area contributed by atoms with Crippen LogP contribution in [-0.2, 0) is 7.05 Å². The first kappa shape index (κ1) is 10.5. The molecule has 0 unspecified atom stereocenters. The predicted molar refractivity (Wildman–Crippen MR) is 51.7 cm³/mol. The number of carbonyl (C=O) groups excluding carboxylic acids is 1. The average molecular weight is 198 g/mol. The number of aliphatic hydroxyl groups excluding tert-OH is 1. The Morgan fingerprint density at radius 2 is 2.43 bits per heavy atom. The van der Waals surface area contributed by atoms with E-state index < -0.39 is 0 Å². The lowest BCUT2D eigenvalue weighted by molar-refractivity contribution is 0.0757. The third kappa shape index (κ3) is 1.85. The van der Waals surface area contributed by atoms with Gasteiger partial charge in [0, 0.05) is 20.6 Å². The standard InChI is InChI=1S/C8H14N4O2/c1-11(3-4-13)8(14)7-6(9)5-10-12(7)2/h5,13H,3-4,9H2,1-2H3. The fraction of sp³-hybridized carbons (Fsp3) is 0.500. The molecular formula is C8H14N4O2. The zero-order valence-corrected chi connectivity index (χ0v) is 8.27. The van der Waals surface area contributed by atoms with E-state index in [9.17, 15) is 4.79 Å². The number of amides is 1. The number of hydrogen-bond donors (Lipinski definition) is 2. The van der Waals surface area contributed by atoms with E-state index in [-0.39, 0.29) is 19.1 Å². The number of nitrogen functional groups attached to an aromatic ring is 1. The van der Waals surface area contributed by atoms with Gasteiger partial charge in [-0.15, -0.1) is 0 Å². The van der Waals surface area contributed by atoms with Crippen molar-refractivity contribution in [3.05, 3.63) is 11.9 Å². The van der Waals surface area contributed by atoms with Gasteiger partial charge >= 0.3 is 0 Å². The lowest BCUT2D eigenvalue weighted by Gasteiger charge is -2.15. The van der Waals surface area contributed by atoms with Gasteiger partial charge in [-0.2, -0.15) is 5.10 Å². The van der Waals surface area contributed by atoms with E-state index in [4.69, 9.17) is 10.8 Å². The average Bonchev–Trinajstić information content (AvgIpc) is 2.46. The molecule has 0 spiro atoms. The van der Waals surface area contributed by atoms with Crippen LogP contribution in [0.15, 0.2) is 6.20 Å². The number of aryl methyl sites for hydroxylation is 1. The van der Waals surface area contributed by atoms with E-state index in [0.717, 1.165) is 0 Å². The molecule has 0 bridgehead atoms. The number of anilines is 1. The molecule has 14 heavy (non-hydrogen) atoms. The van der Waals surface area contributed by atoms with Crippen molar-refractivity contribution in [2.24, 2.45) is 7.05 Å². The Labute approximate surface area is 81.9 Å². The van der Waals surface area contributed by atoms with Crippen LogP contribution in [0.25, 0.3) is 0 Å². The second kappa shape index (κ2) is 4.10. The van der Waals surface area contributed by atoms with E-state index in [0.29, 0.717) is 11.4 Å². The number of nitrogens with two attached hydrogens (primary N) is 1. The molecule has 0 aromatic carbocycles. The maximum absolute atomic E-state index is 11.7. The predicted octanol–water partition coefficient (Wildman–Crippen LogP) is -0.933. The molecule has 1 rings (SSSR count). The lowest BCUT2D eigenvalue weighted by Crippen LogP contribution is -2.31. The van der Waals surface area contributed by atoms with Gasteiger partial charge in [0.2, 0.25) is 0 Å². The number of hydrogen-bond acceptors (Lipinski definition) is 4. The van der Waals surface area contributed by atoms with E-state index in [1.165, 1.54) is 15.8 Å². The number of carbonyl (C=O) groups is 1. The van der Waals surface area contributed by atoms with Gasteiger partial charge in [0.25, 0.3) is 5.91 Å². The Morgan fingerprint density at radius 1 is 1.79 bits per heavy atom. The number of aromatic nitrogens is 2. The van der Waals surface area contributed by atoms with E-state index in [2.05, 4.69) is 5.10 Å². The van der Waals surface area contributed by atoms with Crippen molar-refractivity contribution in [2.45, 2.75) is 0 Å². The molecule has 1 aromatic heterocycles. The zero-order valence-electron chi connectivity index (χ0n) is 8.27. The summed E-state index contributed by atoms with van der Waals surface area (Å²) in [5.41, 5.74) is 6.28. The van der Waals surface area contributed by atoms with Crippen LogP contribution in [-0.4, -0.2) is 45.9 Å². The van der Waals surface area contributed by atoms with Crippen molar-refractivity contribution >= 4 is 11.6 Å². The Morgan fingerprint density at radius 3 is 2.86 bits per heavy atom. The summed E-state index contributed by atoms with van der Waals surface area (Å²) in [7, 11) is 3.25. The number of likely N-dealkylation sites (N-methyl/N-ethyl adjacent to an activating group) is 1. The maximum Gasteiger partial charge on any atom is 0.274 e. The monoisotopic (exact) mass is 198 g/mol. The van der Waals surface area contributed by atoms with Gasteiger partial charge in [0.05, 0.1) is 18.5 Å². The van der Waals surface area contributed by atoms with Crippen LogP contribution in [0, 0.1) is 0 Å². The van der Waals surface area contributed by atoms with Gasteiger partial charge in [-0.25, -0.2) is 0 Å². The van der Waals surface area contributed by atoms with Crippen molar-refractivity contribution in [1.82, 2.24) is 14.7 Å². The van der Waals surface area contributed by atoms with Crippen molar-refractivity contribution in [3.8, 4) is 0 Å². The molecule has 0 aliphatic heterocycles. The highest BCUT2D eigenvalue weighted by Crippen LogP contribution is 2.11. The Balaban J connectivity index is 2.88. The largest absolute Gasteiger partial charge is 0.396 e. The van der Waals surface area contributed by atoms with Crippen molar-refractivity contribution in [3.63, 3.8) is 0 Å². The topological polar surface area (TPSA) is 84.4 Å². The molecule has 1 amide bonds. The van der Waals surface area contributed by atoms with Crippen molar-refractivity contribution in [2.75, 3.05) is 25.9 Å². The lowest BCUT2D eigenvalue weighted by atomic mass is 10.3. The Hall–Kier alpha value is -1.56. The first-order chi connectivity index (χ1) is 6.57. The minimum Gasteiger partial charge on any atom is -0.396 e. The summed E-state index contributed by atoms with van der Waals surface area (Å²) >= 11 is 0. The van der Waals surface area contributed by atoms with Crippen molar-refractivity contribution in [1.29, 1.82) is 0 Å². The quantitative estimate of drug-likeness (QED) is 0.657. The number of rotatable bonds is 3. The van der Waals surface area contributed by atoms with Crippen LogP contribution in [0.2, 0.25) is 0 Å². The SMILES string of the molecule is CN(CCO)C(=O)c1c(N)cnn1C. The fourth-order valence-electron chi connectivity index (χ4n) is 1.15. The molecule has 0 aliphatic rings. The summed E-state index contributed by atoms with van der Waals surface area (Å²) in [5.74, 6) is -0.239. The van der Waals surface area contributed by atoms with Gasteiger partial charge in [0.15, 0.2) is 0 Å². The van der Waals surface area contributed by atoms with Gasteiger partial charge in [-0.1, -0.05) is 0 Å². The summed E-state index contributed by atoms with van der Waals surface area (Å²) in [6.07, 6.45) is 1.43. The zero-order chi connectivity index (χ0) is 10.7. The van der Waals surface area contributed by atoms with Crippen LogP contribution < -0.4 is 5.73 Å². The van der Waals surface area contributed by atoms with Gasteiger partial charge in [0.1, 0.15) is 5.69 Å². The van der Waals surface area contributed by atoms with Crippen LogP contribution in [0.1, 0.15) is 10.5 Å². The van der Waals surface area contributed by atoms with Crippen LogP contribution >= 0.6 is 0 Å². The maximum atomic E-state index is 11.7. The molecule has 0 saturated heterocycles. The Kier molecular flexibility index (Phi) is 3.08. The molecule has 78 valence electrons. The third-order valence-corrected chi connectivity index (χ3v) is 1.95. The third-order valence-electron chi connectivity index (χ3n) is 1.95. The van der Waals surface area contributed by atoms with E-state index in [1.54, 1.807) is 14.1 Å². The molecule has 3 N–H and O–H groups in total. The molecule has 1 heterocycles. The summed E-state index contributed by atoms with van der Waals surface area (Å²) in [6.45, 7) is 0.212. The first-order valence-corrected chi connectivity index (χ1v) is 4.21. The molecular weight excluding hydrogens is 184 g/mol. The molecule has 1 aromatic rings. The molecule has 0 radical (unpaired) electrons. The molecule has 6 heteroatoms. The molecule has 0 saturated carbocycles. The summed E-state index contributed by atoms with van der Waals surface area (Å²) < 4.78 is 1.42. The second-order valence-electron chi connectivity index (χ2n) is 3.02. The van der Waals surface area contributed by atoms with Gasteiger partial charge in [-0.05, 0) is 0 Å². The summed E-state index contributed by atoms with van der Waals surface area (Å²) in [4.78, 5) is 13.1. The molecule has 0 atom stereocenters. The van der Waals surface area contributed by atoms with Crippen molar-refractivity contribution < 1.29 is 9.90 Å². The smallest absolute Gasteiger partial charge is 0.274 e. The molecule has 0 aliphatic carbocycles. The van der Waals surface area contributed by atoms with Crippen LogP contribution in [0.3, 0.4) is 0 Å². The normalized spacial score (nSPS) is 10.2. The van der Waals surface area contributed by atoms with E-state index >= 15 is 0 Å². The number of nitrogens with zero attached hydrogens (tertiary/aromatic N) is 3. The number of aliphatic hydroxyl groups is 1. The highest BCUT2D eigenvalue weighted by Gasteiger charge is 2.18. The summed E-state index contributed by atoms with van der Waals surface area (Å²) in [5, 5.41) is 12.5. The van der Waals surface area contributed by atoms with E-state index in [1.807, 2.05) is 0 Å². The molecule has 6 nitrogen and oxygen atoms in total. The summed E-state index contributed by atoms with van der Waals surface area (Å²) in [6, 6.07) is 0. The first-order valence-electron chi connectivity index (χ1n) is 4.21. The second-order valence-corrected chi connectivity index (χ2v) is 3.02. The highest BCUT2D eigenvalue weighted by molar-refractivity contribution is 5.97. The van der Waals surface area contributed by atoms with Gasteiger partial charge in [-0.3, -0.25) is 9.48 Å². The highest BCUT2D eigenvalue weighted by atomic mass is 16.3. The van der Waals surface area contributed by atoms with Crippen LogP contribution in [0.4, 0.5) is 5.69 Å². The van der Waals surface area contributed by atoms with Crippen LogP contribution in [0.5, 0.6) is 0 Å².